The van der Waals surface area contributed by atoms with E-state index in [0.717, 1.165) is 0 Å². The third-order valence-electron chi connectivity index (χ3n) is 0. The van der Waals surface area contributed by atoms with Crippen molar-refractivity contribution < 1.29 is 41.3 Å². The number of rotatable bonds is 0. The second-order valence-corrected chi connectivity index (χ2v) is 2.68. The van der Waals surface area contributed by atoms with Crippen molar-refractivity contribution in [3.63, 3.8) is 0 Å². The second kappa shape index (κ2) is 18.9. The summed E-state index contributed by atoms with van der Waals surface area (Å²) in [5, 5.41) is 0. The van der Waals surface area contributed by atoms with Gasteiger partial charge in [-0.05, 0) is 0 Å². The Morgan fingerprint density at radius 3 is 0.643 bits per heavy atom. The van der Waals surface area contributed by atoms with Crippen LogP contribution in [0.2, 0.25) is 0 Å². The maximum atomic E-state index is 8.55. The van der Waals surface area contributed by atoms with Gasteiger partial charge in [0.05, 0.1) is 0 Å². The van der Waals surface area contributed by atoms with Crippen molar-refractivity contribution in [3.05, 3.63) is 0 Å². The molecule has 0 N–H and O–H groups in total. The molecule has 14 heteroatoms. The van der Waals surface area contributed by atoms with E-state index < -0.39 is 15.6 Å². The molecule has 0 spiro atoms. The van der Waals surface area contributed by atoms with Gasteiger partial charge in [-0.25, -0.2) is 0 Å². The van der Waals surface area contributed by atoms with E-state index in [1.807, 2.05) is 0 Å². The van der Waals surface area contributed by atoms with Crippen LogP contribution in [0, 0.1) is 0 Å². The van der Waals surface area contributed by atoms with E-state index >= 15 is 0 Å². The number of hydrogen-bond donors (Lipinski definition) is 0. The summed E-state index contributed by atoms with van der Waals surface area (Å²) in [6, 6.07) is 0. The Labute approximate surface area is 224 Å². The van der Waals surface area contributed by atoms with Gasteiger partial charge in [0.25, 0.3) is 0 Å². The summed E-state index contributed by atoms with van der Waals surface area (Å²) >= 11 is 0. The molecule has 0 amide bonds. The first kappa shape index (κ1) is 36.8. The smallest absolute Gasteiger partial charge is 1.00 e. The normalized spacial score (nSPS) is 8.43. The predicted octanol–water partition coefficient (Wildman–Crippen LogP) is -6.95. The van der Waals surface area contributed by atoms with Gasteiger partial charge < -0.3 is 41.3 Å². The Hall–Kier alpha value is 5.92. The number of phosphoric acid groups is 2. The fraction of sp³-hybridized carbons (Fsp3) is 0. The average molecular weight is 495 g/mol. The minimum absolute atomic E-state index is 0. The summed E-state index contributed by atoms with van der Waals surface area (Å²) in [6.45, 7) is 0. The quantitative estimate of drug-likeness (QED) is 0.236. The van der Waals surface area contributed by atoms with E-state index in [1.165, 1.54) is 0 Å². The minimum Gasteiger partial charge on any atom is -1.00 e. The molecule has 0 aliphatic heterocycles. The molecule has 0 aliphatic rings. The Kier molecular flexibility index (Phi) is 49.7. The molecule has 0 bridgehead atoms. The van der Waals surface area contributed by atoms with Crippen LogP contribution < -0.4 is 29.4 Å². The van der Waals surface area contributed by atoms with Crippen LogP contribution in [0.1, 0.15) is 2.85 Å². The van der Waals surface area contributed by atoms with Gasteiger partial charge in [0.2, 0.25) is 0 Å². The molecule has 0 fully saturated rings. The van der Waals surface area contributed by atoms with E-state index in [1.54, 1.807) is 0 Å². The summed E-state index contributed by atoms with van der Waals surface area (Å²) < 4.78 is 17.1. The molecule has 0 saturated carbocycles. The van der Waals surface area contributed by atoms with Gasteiger partial charge in [0.15, 0.2) is 0 Å². The van der Waals surface area contributed by atoms with Crippen LogP contribution in [0.4, 0.5) is 0 Å². The SMILES string of the molecule is O=P([O-])([O-])[O-].O=P([O-])([O-])[O-].[Ca+2].[H-].[H-].[Sr+2].[Sr+2].[Sr+2]. The fourth-order valence-electron chi connectivity index (χ4n) is 0. The van der Waals surface area contributed by atoms with Crippen LogP contribution in [-0.2, 0) is 9.13 Å². The molecule has 0 saturated heterocycles. The maximum Gasteiger partial charge on any atom is 2.00 e. The Balaban J connectivity index is -0.00000000970. The Bertz CT molecular complexity index is 144. The zero-order valence-electron chi connectivity index (χ0n) is 8.99. The van der Waals surface area contributed by atoms with E-state index in [9.17, 15) is 0 Å². The van der Waals surface area contributed by atoms with Crippen molar-refractivity contribution >= 4 is 190 Å². The fourth-order valence-corrected chi connectivity index (χ4v) is 0. The summed E-state index contributed by atoms with van der Waals surface area (Å²) in [4.78, 5) is 51.3. The van der Waals surface area contributed by atoms with E-state index in [4.69, 9.17) is 38.5 Å². The van der Waals surface area contributed by atoms with Crippen molar-refractivity contribution in [2.45, 2.75) is 0 Å². The molecule has 0 heterocycles. The summed E-state index contributed by atoms with van der Waals surface area (Å²) in [5.41, 5.74) is 0. The van der Waals surface area contributed by atoms with Gasteiger partial charge in [-0.2, -0.15) is 15.6 Å². The monoisotopic (exact) mass is 496 g/mol. The summed E-state index contributed by atoms with van der Waals surface area (Å²) in [6.07, 6.45) is 0. The molecular formula is H2CaO8P2Sr3. The second-order valence-electron chi connectivity index (χ2n) is 0.894. The molecule has 0 aromatic carbocycles. The van der Waals surface area contributed by atoms with Gasteiger partial charge in [-0.1, -0.05) is 0 Å². The summed E-state index contributed by atoms with van der Waals surface area (Å²) in [7, 11) is -10.8. The molecule has 0 aromatic heterocycles. The standard InChI is InChI=1S/Ca.2H3O4P.3Sr.2H/c;2*1-5(2,3)4;;;;;/h;2*(H3,1,2,3,4);;;;;/q+2;;;3*+2;2*-1/p-6. The molecule has 0 atom stereocenters. The van der Waals surface area contributed by atoms with Crippen LogP contribution >= 0.6 is 15.6 Å². The molecule has 14 heavy (non-hydrogen) atoms. The zero-order valence-corrected chi connectivity index (χ0v) is 21.4. The van der Waals surface area contributed by atoms with Gasteiger partial charge >= 0.3 is 174 Å². The largest absolute Gasteiger partial charge is 2.00 e. The van der Waals surface area contributed by atoms with Crippen LogP contribution in [-0.4, -0.2) is 174 Å². The van der Waals surface area contributed by atoms with Crippen LogP contribution in [0.3, 0.4) is 0 Å². The molecular weight excluding hydrogens is 493 g/mol. The van der Waals surface area contributed by atoms with E-state index in [2.05, 4.69) is 0 Å². The van der Waals surface area contributed by atoms with Crippen molar-refractivity contribution in [2.24, 2.45) is 0 Å². The van der Waals surface area contributed by atoms with E-state index in [-0.39, 0.29) is 177 Å². The zero-order chi connectivity index (χ0) is 9.00. The van der Waals surface area contributed by atoms with Crippen molar-refractivity contribution in [2.75, 3.05) is 0 Å². The van der Waals surface area contributed by atoms with Gasteiger partial charge in [-0.15, -0.1) is 0 Å². The summed E-state index contributed by atoms with van der Waals surface area (Å²) in [5.74, 6) is 0. The first-order valence-electron chi connectivity index (χ1n) is 1.46. The molecule has 8 nitrogen and oxygen atoms in total. The predicted molar refractivity (Wildman–Crippen MR) is 40.5 cm³/mol. The van der Waals surface area contributed by atoms with Gasteiger partial charge in [0, 0.05) is 0 Å². The van der Waals surface area contributed by atoms with Crippen LogP contribution in [0.25, 0.3) is 0 Å². The van der Waals surface area contributed by atoms with Crippen molar-refractivity contribution in [3.8, 4) is 0 Å². The maximum absolute atomic E-state index is 8.55. The topological polar surface area (TPSA) is 172 Å². The van der Waals surface area contributed by atoms with Crippen molar-refractivity contribution in [1.82, 2.24) is 0 Å². The van der Waals surface area contributed by atoms with Crippen molar-refractivity contribution in [1.29, 1.82) is 0 Å². The van der Waals surface area contributed by atoms with E-state index in [0.29, 0.717) is 0 Å². The van der Waals surface area contributed by atoms with Crippen LogP contribution in [0.5, 0.6) is 0 Å². The van der Waals surface area contributed by atoms with Gasteiger partial charge in [0.1, 0.15) is 0 Å². The first-order valence-corrected chi connectivity index (χ1v) is 4.38. The minimum atomic E-state index is -5.39. The molecule has 68 valence electrons. The van der Waals surface area contributed by atoms with Gasteiger partial charge in [-0.3, -0.25) is 0 Å². The van der Waals surface area contributed by atoms with Crippen LogP contribution in [0.15, 0.2) is 0 Å². The number of hydrogen-bond acceptors (Lipinski definition) is 8. The Morgan fingerprint density at radius 2 is 0.643 bits per heavy atom. The molecule has 0 aromatic rings. The molecule has 0 radical (unpaired) electrons. The molecule has 0 unspecified atom stereocenters. The molecule has 0 aliphatic carbocycles. The first-order chi connectivity index (χ1) is 4.00. The third-order valence-corrected chi connectivity index (χ3v) is 0. The Morgan fingerprint density at radius 1 is 0.643 bits per heavy atom. The average Bonchev–Trinajstić information content (AvgIpc) is 1.12. The third kappa shape index (κ3) is 146. The molecule has 0 rings (SSSR count).